The number of hydrogen-bond acceptors (Lipinski definition) is 4. The summed E-state index contributed by atoms with van der Waals surface area (Å²) >= 11 is 0. The van der Waals surface area contributed by atoms with Gasteiger partial charge >= 0.3 is 6.09 Å². The van der Waals surface area contributed by atoms with Gasteiger partial charge in [-0.15, -0.1) is 0 Å². The van der Waals surface area contributed by atoms with Gasteiger partial charge in [0.1, 0.15) is 12.6 Å². The monoisotopic (exact) mass is 307 g/mol. The van der Waals surface area contributed by atoms with Crippen LogP contribution in [0.1, 0.15) is 25.3 Å². The first kappa shape index (κ1) is 17.5. The lowest BCUT2D eigenvalue weighted by Crippen LogP contribution is -2.47. The van der Waals surface area contributed by atoms with E-state index in [-0.39, 0.29) is 25.4 Å². The Kier molecular flexibility index (Phi) is 7.45. The second-order valence-corrected chi connectivity index (χ2v) is 4.66. The van der Waals surface area contributed by atoms with E-state index in [4.69, 9.17) is 10.5 Å². The zero-order valence-corrected chi connectivity index (χ0v) is 12.5. The van der Waals surface area contributed by atoms with Gasteiger partial charge in [-0.1, -0.05) is 30.3 Å². The highest BCUT2D eigenvalue weighted by molar-refractivity contribution is 5.86. The third kappa shape index (κ3) is 6.74. The summed E-state index contributed by atoms with van der Waals surface area (Å²) in [5, 5.41) is 5.03. The molecule has 0 aliphatic heterocycles. The van der Waals surface area contributed by atoms with Crippen molar-refractivity contribution in [2.75, 3.05) is 6.54 Å². The summed E-state index contributed by atoms with van der Waals surface area (Å²) in [6.07, 6.45) is -0.591. The molecule has 7 nitrogen and oxygen atoms in total. The number of hydrogen-bond donors (Lipinski definition) is 3. The SMILES string of the molecule is CCNC(=O)[C@@H](CCC(N)=O)NC(=O)OCc1ccccc1. The van der Waals surface area contributed by atoms with Crippen molar-refractivity contribution in [2.45, 2.75) is 32.4 Å². The molecule has 3 amide bonds. The second-order valence-electron chi connectivity index (χ2n) is 4.66. The number of ether oxygens (including phenoxy) is 1. The standard InChI is InChI=1S/C15H21N3O4/c1-2-17-14(20)12(8-9-13(16)19)18-15(21)22-10-11-6-4-3-5-7-11/h3-7,12H,2,8-10H2,1H3,(H2,16,19)(H,17,20)(H,18,21)/t12-/m1/s1. The van der Waals surface area contributed by atoms with E-state index in [2.05, 4.69) is 10.6 Å². The molecule has 0 aliphatic rings. The van der Waals surface area contributed by atoms with Gasteiger partial charge in [-0.2, -0.15) is 0 Å². The van der Waals surface area contributed by atoms with Gasteiger partial charge in [0.15, 0.2) is 0 Å². The van der Waals surface area contributed by atoms with Gasteiger partial charge in [0.05, 0.1) is 0 Å². The number of carbonyl (C=O) groups excluding carboxylic acids is 3. The van der Waals surface area contributed by atoms with Crippen molar-refractivity contribution in [1.29, 1.82) is 0 Å². The maximum atomic E-state index is 11.8. The topological polar surface area (TPSA) is 111 Å². The van der Waals surface area contributed by atoms with Crippen molar-refractivity contribution in [3.8, 4) is 0 Å². The molecule has 0 aromatic heterocycles. The summed E-state index contributed by atoms with van der Waals surface area (Å²) in [6, 6.07) is 8.32. The van der Waals surface area contributed by atoms with E-state index in [1.54, 1.807) is 6.92 Å². The van der Waals surface area contributed by atoms with E-state index in [1.807, 2.05) is 30.3 Å². The van der Waals surface area contributed by atoms with Crippen LogP contribution in [0.5, 0.6) is 0 Å². The van der Waals surface area contributed by atoms with Crippen LogP contribution >= 0.6 is 0 Å². The Balaban J connectivity index is 2.50. The maximum absolute atomic E-state index is 11.8. The van der Waals surface area contributed by atoms with Crippen molar-refractivity contribution in [3.05, 3.63) is 35.9 Å². The molecule has 22 heavy (non-hydrogen) atoms. The van der Waals surface area contributed by atoms with Crippen LogP contribution in [0.15, 0.2) is 30.3 Å². The highest BCUT2D eigenvalue weighted by Gasteiger charge is 2.21. The molecule has 120 valence electrons. The lowest BCUT2D eigenvalue weighted by atomic mass is 10.1. The van der Waals surface area contributed by atoms with Gasteiger partial charge in [-0.25, -0.2) is 4.79 Å². The number of alkyl carbamates (subject to hydrolysis) is 1. The molecular formula is C15H21N3O4. The molecule has 0 bridgehead atoms. The Bertz CT molecular complexity index is 505. The molecule has 4 N–H and O–H groups in total. The van der Waals surface area contributed by atoms with Crippen LogP contribution < -0.4 is 16.4 Å². The summed E-state index contributed by atoms with van der Waals surface area (Å²) in [5.74, 6) is -0.908. The van der Waals surface area contributed by atoms with Crippen molar-refractivity contribution in [1.82, 2.24) is 10.6 Å². The summed E-state index contributed by atoms with van der Waals surface area (Å²) < 4.78 is 5.05. The number of primary amides is 1. The fourth-order valence-electron chi connectivity index (χ4n) is 1.76. The molecule has 7 heteroatoms. The van der Waals surface area contributed by atoms with E-state index in [0.29, 0.717) is 6.54 Å². The summed E-state index contributed by atoms with van der Waals surface area (Å²) in [6.45, 7) is 2.29. The average Bonchev–Trinajstić information content (AvgIpc) is 2.50. The largest absolute Gasteiger partial charge is 0.445 e. The van der Waals surface area contributed by atoms with E-state index < -0.39 is 18.0 Å². The van der Waals surface area contributed by atoms with Crippen molar-refractivity contribution in [2.24, 2.45) is 5.73 Å². The predicted molar refractivity (Wildman–Crippen MR) is 80.7 cm³/mol. The van der Waals surface area contributed by atoms with Crippen LogP contribution in [0.3, 0.4) is 0 Å². The Morgan fingerprint density at radius 2 is 1.91 bits per heavy atom. The number of nitrogens with one attached hydrogen (secondary N) is 2. The molecule has 0 fully saturated rings. The minimum atomic E-state index is -0.851. The highest BCUT2D eigenvalue weighted by Crippen LogP contribution is 2.02. The van der Waals surface area contributed by atoms with Gasteiger partial charge in [0, 0.05) is 13.0 Å². The number of carbonyl (C=O) groups is 3. The molecule has 1 atom stereocenters. The van der Waals surface area contributed by atoms with Crippen molar-refractivity contribution in [3.63, 3.8) is 0 Å². The zero-order valence-electron chi connectivity index (χ0n) is 12.5. The third-order valence-corrected chi connectivity index (χ3v) is 2.85. The van der Waals surface area contributed by atoms with E-state index in [1.165, 1.54) is 0 Å². The van der Waals surface area contributed by atoms with E-state index in [9.17, 15) is 14.4 Å². The molecule has 0 aliphatic carbocycles. The molecule has 1 rings (SSSR count). The van der Waals surface area contributed by atoms with Gasteiger partial charge in [0.2, 0.25) is 11.8 Å². The molecule has 0 heterocycles. The Hall–Kier alpha value is -2.57. The highest BCUT2D eigenvalue weighted by atomic mass is 16.5. The van der Waals surface area contributed by atoms with Crippen LogP contribution in [0.2, 0.25) is 0 Å². The van der Waals surface area contributed by atoms with Crippen LogP contribution in [0, 0.1) is 0 Å². The van der Waals surface area contributed by atoms with E-state index >= 15 is 0 Å². The fraction of sp³-hybridized carbons (Fsp3) is 0.400. The number of amides is 3. The molecule has 0 saturated heterocycles. The Morgan fingerprint density at radius 1 is 1.23 bits per heavy atom. The number of benzene rings is 1. The molecule has 1 aromatic rings. The molecule has 0 saturated carbocycles. The molecular weight excluding hydrogens is 286 g/mol. The quantitative estimate of drug-likeness (QED) is 0.656. The summed E-state index contributed by atoms with van der Waals surface area (Å²) in [4.78, 5) is 34.4. The van der Waals surface area contributed by atoms with Crippen LogP contribution in [0.25, 0.3) is 0 Å². The van der Waals surface area contributed by atoms with Crippen LogP contribution in [-0.4, -0.2) is 30.5 Å². The average molecular weight is 307 g/mol. The summed E-state index contributed by atoms with van der Waals surface area (Å²) in [7, 11) is 0. The first-order chi connectivity index (χ1) is 10.5. The van der Waals surface area contributed by atoms with Crippen molar-refractivity contribution < 1.29 is 19.1 Å². The molecule has 0 spiro atoms. The zero-order chi connectivity index (χ0) is 16.4. The van der Waals surface area contributed by atoms with Gasteiger partial charge < -0.3 is 21.1 Å². The number of likely N-dealkylation sites (N-methyl/N-ethyl adjacent to an activating group) is 1. The Labute approximate surface area is 129 Å². The van der Waals surface area contributed by atoms with Crippen LogP contribution in [0.4, 0.5) is 4.79 Å². The number of nitrogens with two attached hydrogens (primary N) is 1. The molecule has 0 radical (unpaired) electrons. The van der Waals surface area contributed by atoms with Gasteiger partial charge in [0.25, 0.3) is 0 Å². The first-order valence-corrected chi connectivity index (χ1v) is 7.06. The second kappa shape index (κ2) is 9.38. The van der Waals surface area contributed by atoms with E-state index in [0.717, 1.165) is 5.56 Å². The third-order valence-electron chi connectivity index (χ3n) is 2.85. The lowest BCUT2D eigenvalue weighted by molar-refractivity contribution is -0.123. The molecule has 0 unspecified atom stereocenters. The fourth-order valence-corrected chi connectivity index (χ4v) is 1.76. The predicted octanol–water partition coefficient (Wildman–Crippen LogP) is 0.683. The first-order valence-electron chi connectivity index (χ1n) is 7.06. The van der Waals surface area contributed by atoms with Gasteiger partial charge in [-0.3, -0.25) is 9.59 Å². The molecule has 1 aromatic carbocycles. The number of rotatable bonds is 8. The minimum absolute atomic E-state index is 0.000760. The maximum Gasteiger partial charge on any atom is 0.408 e. The lowest BCUT2D eigenvalue weighted by Gasteiger charge is -2.17. The minimum Gasteiger partial charge on any atom is -0.445 e. The van der Waals surface area contributed by atoms with Crippen LogP contribution in [-0.2, 0) is 20.9 Å². The normalized spacial score (nSPS) is 11.3. The smallest absolute Gasteiger partial charge is 0.408 e. The van der Waals surface area contributed by atoms with Gasteiger partial charge in [-0.05, 0) is 18.9 Å². The Morgan fingerprint density at radius 3 is 2.50 bits per heavy atom. The summed E-state index contributed by atoms with van der Waals surface area (Å²) in [5.41, 5.74) is 5.90. The van der Waals surface area contributed by atoms with Crippen molar-refractivity contribution >= 4 is 17.9 Å².